The first-order chi connectivity index (χ1) is 10.1. The number of rotatable bonds is 2. The first-order valence-corrected chi connectivity index (χ1v) is 7.55. The number of anilines is 1. The first kappa shape index (κ1) is 14.3. The summed E-state index contributed by atoms with van der Waals surface area (Å²) >= 11 is 0. The molecule has 21 heavy (non-hydrogen) atoms. The van der Waals surface area contributed by atoms with Gasteiger partial charge in [-0.15, -0.1) is 0 Å². The third-order valence-electron chi connectivity index (χ3n) is 4.47. The van der Waals surface area contributed by atoms with Gasteiger partial charge in [-0.2, -0.15) is 5.26 Å². The summed E-state index contributed by atoms with van der Waals surface area (Å²) in [5.74, 6) is 0.805. The van der Waals surface area contributed by atoms with Crippen LogP contribution >= 0.6 is 0 Å². The van der Waals surface area contributed by atoms with Gasteiger partial charge in [-0.25, -0.2) is 4.98 Å². The predicted molar refractivity (Wildman–Crippen MR) is 79.2 cm³/mol. The molecule has 0 spiro atoms. The fourth-order valence-electron chi connectivity index (χ4n) is 2.84. The van der Waals surface area contributed by atoms with Gasteiger partial charge >= 0.3 is 0 Å². The Bertz CT molecular complexity index is 576. The highest BCUT2D eigenvalue weighted by Gasteiger charge is 2.31. The molecule has 5 nitrogen and oxygen atoms in total. The fraction of sp³-hybridized carbons (Fsp3) is 0.625. The second kappa shape index (κ2) is 5.63. The van der Waals surface area contributed by atoms with E-state index in [1.165, 1.54) is 0 Å². The summed E-state index contributed by atoms with van der Waals surface area (Å²) in [5.41, 5.74) is 2.62. The lowest BCUT2D eigenvalue weighted by molar-refractivity contribution is -0.0574. The van der Waals surface area contributed by atoms with Crippen LogP contribution in [-0.2, 0) is 22.5 Å². The van der Waals surface area contributed by atoms with Crippen molar-refractivity contribution in [1.82, 2.24) is 4.98 Å². The number of nitriles is 1. The van der Waals surface area contributed by atoms with Crippen LogP contribution in [-0.4, -0.2) is 36.9 Å². The standard InChI is InChI=1S/C16H21N3O2/c1-3-16(2)9-14-13(11-21-16)8-12(10-17)15(18-14)19-4-6-20-7-5-19/h8H,3-7,9,11H2,1-2H3/t16-/m1/s1. The molecule has 112 valence electrons. The van der Waals surface area contributed by atoms with Gasteiger partial charge < -0.3 is 14.4 Å². The largest absolute Gasteiger partial charge is 0.378 e. The van der Waals surface area contributed by atoms with E-state index in [1.54, 1.807) is 0 Å². The van der Waals surface area contributed by atoms with Crippen LogP contribution in [0.2, 0.25) is 0 Å². The Kier molecular flexibility index (Phi) is 3.83. The van der Waals surface area contributed by atoms with Crippen LogP contribution in [0.1, 0.15) is 37.1 Å². The first-order valence-electron chi connectivity index (χ1n) is 7.55. The summed E-state index contributed by atoms with van der Waals surface area (Å²) < 4.78 is 11.3. The zero-order valence-corrected chi connectivity index (χ0v) is 12.7. The Hall–Kier alpha value is -1.64. The number of fused-ring (bicyclic) bond motifs is 1. The maximum absolute atomic E-state index is 9.41. The van der Waals surface area contributed by atoms with Crippen molar-refractivity contribution in [1.29, 1.82) is 5.26 Å². The van der Waals surface area contributed by atoms with Gasteiger partial charge in [-0.05, 0) is 19.4 Å². The van der Waals surface area contributed by atoms with Crippen molar-refractivity contribution in [3.63, 3.8) is 0 Å². The quantitative estimate of drug-likeness (QED) is 0.833. The molecule has 0 aromatic carbocycles. The highest BCUT2D eigenvalue weighted by molar-refractivity contribution is 5.56. The molecule has 1 aromatic heterocycles. The molecule has 0 N–H and O–H groups in total. The summed E-state index contributed by atoms with van der Waals surface area (Å²) in [7, 11) is 0. The van der Waals surface area contributed by atoms with Gasteiger partial charge in [0.25, 0.3) is 0 Å². The molecular weight excluding hydrogens is 266 g/mol. The van der Waals surface area contributed by atoms with E-state index in [9.17, 15) is 5.26 Å². The highest BCUT2D eigenvalue weighted by Crippen LogP contribution is 2.32. The molecule has 0 saturated carbocycles. The molecule has 2 aliphatic heterocycles. The average Bonchev–Trinajstić information content (AvgIpc) is 2.54. The molecule has 1 aromatic rings. The third kappa shape index (κ3) is 2.74. The molecule has 3 heterocycles. The molecule has 0 bridgehead atoms. The van der Waals surface area contributed by atoms with Crippen LogP contribution in [0.3, 0.4) is 0 Å². The molecule has 5 heteroatoms. The lowest BCUT2D eigenvalue weighted by atomic mass is 9.91. The third-order valence-corrected chi connectivity index (χ3v) is 4.47. The molecule has 1 fully saturated rings. The van der Waals surface area contributed by atoms with Crippen LogP contribution in [0, 0.1) is 11.3 Å². The van der Waals surface area contributed by atoms with Gasteiger partial charge in [-0.1, -0.05) is 6.92 Å². The normalized spacial score (nSPS) is 25.3. The van der Waals surface area contributed by atoms with E-state index in [2.05, 4.69) is 24.8 Å². The minimum absolute atomic E-state index is 0.142. The SMILES string of the molecule is CC[C@]1(C)Cc2nc(N3CCOCC3)c(C#N)cc2CO1. The second-order valence-corrected chi connectivity index (χ2v) is 5.95. The van der Waals surface area contributed by atoms with E-state index in [0.29, 0.717) is 25.4 Å². The van der Waals surface area contributed by atoms with Gasteiger partial charge in [-0.3, -0.25) is 0 Å². The lowest BCUT2D eigenvalue weighted by Crippen LogP contribution is -2.39. The Morgan fingerprint density at radius 2 is 2.19 bits per heavy atom. The number of morpholine rings is 1. The topological polar surface area (TPSA) is 58.4 Å². The summed E-state index contributed by atoms with van der Waals surface area (Å²) in [6.07, 6.45) is 1.77. The van der Waals surface area contributed by atoms with Gasteiger partial charge in [0.15, 0.2) is 0 Å². The number of pyridine rings is 1. The van der Waals surface area contributed by atoms with Crippen LogP contribution in [0.5, 0.6) is 0 Å². The maximum atomic E-state index is 9.41. The fourth-order valence-corrected chi connectivity index (χ4v) is 2.84. The molecule has 2 aliphatic rings. The zero-order chi connectivity index (χ0) is 14.9. The number of ether oxygens (including phenoxy) is 2. The molecule has 3 rings (SSSR count). The van der Waals surface area contributed by atoms with Gasteiger partial charge in [0.05, 0.1) is 36.7 Å². The van der Waals surface area contributed by atoms with Crippen molar-refractivity contribution in [2.75, 3.05) is 31.2 Å². The Labute approximate surface area is 125 Å². The van der Waals surface area contributed by atoms with Crippen molar-refractivity contribution in [2.24, 2.45) is 0 Å². The van der Waals surface area contributed by atoms with Crippen LogP contribution in [0.4, 0.5) is 5.82 Å². The van der Waals surface area contributed by atoms with Crippen LogP contribution in [0.25, 0.3) is 0 Å². The predicted octanol–water partition coefficient (Wildman–Crippen LogP) is 2.03. The minimum atomic E-state index is -0.142. The van der Waals surface area contributed by atoms with E-state index in [-0.39, 0.29) is 5.60 Å². The van der Waals surface area contributed by atoms with Gasteiger partial charge in [0.2, 0.25) is 0 Å². The molecule has 1 saturated heterocycles. The van der Waals surface area contributed by atoms with E-state index in [4.69, 9.17) is 14.5 Å². The van der Waals surface area contributed by atoms with Crippen LogP contribution in [0.15, 0.2) is 6.07 Å². The molecular formula is C16H21N3O2. The smallest absolute Gasteiger partial charge is 0.146 e. The Morgan fingerprint density at radius 1 is 1.43 bits per heavy atom. The highest BCUT2D eigenvalue weighted by atomic mass is 16.5. The average molecular weight is 287 g/mol. The van der Waals surface area contributed by atoms with Crippen molar-refractivity contribution in [3.05, 3.63) is 22.9 Å². The van der Waals surface area contributed by atoms with Crippen LogP contribution < -0.4 is 4.90 Å². The maximum Gasteiger partial charge on any atom is 0.146 e. The molecule has 0 radical (unpaired) electrons. The Balaban J connectivity index is 1.97. The van der Waals surface area contributed by atoms with Crippen molar-refractivity contribution >= 4 is 5.82 Å². The number of aromatic nitrogens is 1. The molecule has 0 aliphatic carbocycles. The summed E-state index contributed by atoms with van der Waals surface area (Å²) in [6, 6.07) is 4.22. The van der Waals surface area contributed by atoms with Crippen molar-refractivity contribution < 1.29 is 9.47 Å². The van der Waals surface area contributed by atoms with E-state index >= 15 is 0 Å². The monoisotopic (exact) mass is 287 g/mol. The lowest BCUT2D eigenvalue weighted by Gasteiger charge is -2.35. The van der Waals surface area contributed by atoms with Gasteiger partial charge in [0, 0.05) is 25.1 Å². The summed E-state index contributed by atoms with van der Waals surface area (Å²) in [6.45, 7) is 7.79. The summed E-state index contributed by atoms with van der Waals surface area (Å²) in [4.78, 5) is 6.97. The second-order valence-electron chi connectivity index (χ2n) is 5.95. The molecule has 0 unspecified atom stereocenters. The Morgan fingerprint density at radius 3 is 2.86 bits per heavy atom. The minimum Gasteiger partial charge on any atom is -0.378 e. The number of hydrogen-bond donors (Lipinski definition) is 0. The zero-order valence-electron chi connectivity index (χ0n) is 12.7. The molecule has 1 atom stereocenters. The van der Waals surface area contributed by atoms with Crippen molar-refractivity contribution in [3.8, 4) is 6.07 Å². The van der Waals surface area contributed by atoms with E-state index < -0.39 is 0 Å². The summed E-state index contributed by atoms with van der Waals surface area (Å²) in [5, 5.41) is 9.41. The van der Waals surface area contributed by atoms with Crippen molar-refractivity contribution in [2.45, 2.75) is 38.9 Å². The van der Waals surface area contributed by atoms with E-state index in [1.807, 2.05) is 6.07 Å². The van der Waals surface area contributed by atoms with E-state index in [0.717, 1.165) is 43.0 Å². The molecule has 0 amide bonds. The van der Waals surface area contributed by atoms with Gasteiger partial charge in [0.1, 0.15) is 11.9 Å². The number of hydrogen-bond acceptors (Lipinski definition) is 5. The number of nitrogens with zero attached hydrogens (tertiary/aromatic N) is 3.